The summed E-state index contributed by atoms with van der Waals surface area (Å²) in [5.41, 5.74) is 0.894. The number of rotatable bonds is 7. The average Bonchev–Trinajstić information content (AvgIpc) is 3.08. The van der Waals surface area contributed by atoms with Gasteiger partial charge in [-0.3, -0.25) is 4.79 Å². The van der Waals surface area contributed by atoms with Gasteiger partial charge in [-0.25, -0.2) is 0 Å². The molecule has 0 radical (unpaired) electrons. The van der Waals surface area contributed by atoms with Crippen LogP contribution in [0.5, 0.6) is 11.5 Å². The smallest absolute Gasteiger partial charge is 0.273 e. The van der Waals surface area contributed by atoms with E-state index >= 15 is 0 Å². The lowest BCUT2D eigenvalue weighted by molar-refractivity contribution is 0.0934. The Hall–Kier alpha value is -2.54. The fourth-order valence-corrected chi connectivity index (χ4v) is 2.03. The lowest BCUT2D eigenvalue weighted by Gasteiger charge is -2.19. The molecule has 0 spiro atoms. The number of nitrogens with one attached hydrogen (secondary N) is 1. The summed E-state index contributed by atoms with van der Waals surface area (Å²) in [6.45, 7) is 2.55. The number of hydrogen-bond donors (Lipinski definition) is 1. The number of likely N-dealkylation sites (N-methyl/N-ethyl adjacent to an activating group) is 1. The van der Waals surface area contributed by atoms with Gasteiger partial charge in [-0.1, -0.05) is 5.16 Å². The molecule has 1 atom stereocenters. The van der Waals surface area contributed by atoms with E-state index in [1.54, 1.807) is 38.5 Å². The normalized spacial score (nSPS) is 12.1. The van der Waals surface area contributed by atoms with Crippen molar-refractivity contribution in [3.63, 3.8) is 0 Å². The van der Waals surface area contributed by atoms with E-state index in [1.807, 2.05) is 25.9 Å². The molecule has 0 aliphatic carbocycles. The van der Waals surface area contributed by atoms with Gasteiger partial charge >= 0.3 is 0 Å². The van der Waals surface area contributed by atoms with E-state index in [0.29, 0.717) is 29.4 Å². The van der Waals surface area contributed by atoms with Crippen LogP contribution in [0.2, 0.25) is 0 Å². The summed E-state index contributed by atoms with van der Waals surface area (Å²) in [7, 11) is 7.06. The van der Waals surface area contributed by atoms with E-state index in [1.165, 1.54) is 0 Å². The Morgan fingerprint density at radius 3 is 2.67 bits per heavy atom. The van der Waals surface area contributed by atoms with Gasteiger partial charge in [0.2, 0.25) is 0 Å². The topological polar surface area (TPSA) is 76.8 Å². The zero-order chi connectivity index (χ0) is 17.7. The predicted molar refractivity (Wildman–Crippen MR) is 90.5 cm³/mol. The molecule has 7 nitrogen and oxygen atoms in total. The van der Waals surface area contributed by atoms with Gasteiger partial charge in [0.25, 0.3) is 5.91 Å². The largest absolute Gasteiger partial charge is 0.497 e. The van der Waals surface area contributed by atoms with Crippen LogP contribution < -0.4 is 14.8 Å². The number of benzene rings is 1. The number of hydrogen-bond acceptors (Lipinski definition) is 6. The third-order valence-electron chi connectivity index (χ3n) is 3.85. The first-order valence-electron chi connectivity index (χ1n) is 7.60. The maximum atomic E-state index is 12.2. The molecule has 0 aliphatic rings. The van der Waals surface area contributed by atoms with E-state index in [0.717, 1.165) is 0 Å². The van der Waals surface area contributed by atoms with Gasteiger partial charge in [-0.2, -0.15) is 0 Å². The van der Waals surface area contributed by atoms with Crippen LogP contribution in [0.25, 0.3) is 11.3 Å². The first kappa shape index (κ1) is 17.8. The number of amides is 1. The summed E-state index contributed by atoms with van der Waals surface area (Å²) in [5.74, 6) is 1.44. The van der Waals surface area contributed by atoms with E-state index < -0.39 is 0 Å². The third-order valence-corrected chi connectivity index (χ3v) is 3.85. The molecule has 7 heteroatoms. The van der Waals surface area contributed by atoms with Crippen LogP contribution in [0.4, 0.5) is 0 Å². The summed E-state index contributed by atoms with van der Waals surface area (Å²) >= 11 is 0. The van der Waals surface area contributed by atoms with Crippen molar-refractivity contribution >= 4 is 5.91 Å². The minimum absolute atomic E-state index is 0.221. The Balaban J connectivity index is 2.17. The molecule has 1 N–H and O–H groups in total. The predicted octanol–water partition coefficient (Wildman–Crippen LogP) is 2.04. The van der Waals surface area contributed by atoms with Gasteiger partial charge in [-0.15, -0.1) is 0 Å². The number of ether oxygens (including phenoxy) is 2. The van der Waals surface area contributed by atoms with Crippen LogP contribution in [0.1, 0.15) is 17.4 Å². The van der Waals surface area contributed by atoms with Crippen molar-refractivity contribution in [3.05, 3.63) is 30.0 Å². The maximum Gasteiger partial charge on any atom is 0.273 e. The molecule has 24 heavy (non-hydrogen) atoms. The molecule has 2 rings (SSSR count). The van der Waals surface area contributed by atoms with Crippen molar-refractivity contribution < 1.29 is 18.8 Å². The van der Waals surface area contributed by atoms with E-state index in [2.05, 4.69) is 10.5 Å². The molecular weight excluding hydrogens is 310 g/mol. The Morgan fingerprint density at radius 2 is 2.04 bits per heavy atom. The summed E-state index contributed by atoms with van der Waals surface area (Å²) in [5, 5.41) is 6.69. The SMILES string of the molecule is COc1ccc(OC)c(-c2cc(C(=O)NCC(C)N(C)C)no2)c1. The van der Waals surface area contributed by atoms with Gasteiger partial charge in [0, 0.05) is 18.7 Å². The molecule has 1 aromatic heterocycles. The average molecular weight is 333 g/mol. The molecule has 130 valence electrons. The van der Waals surface area contributed by atoms with Crippen LogP contribution in [0.3, 0.4) is 0 Å². The summed E-state index contributed by atoms with van der Waals surface area (Å²) < 4.78 is 15.9. The minimum Gasteiger partial charge on any atom is -0.497 e. The van der Waals surface area contributed by atoms with Gasteiger partial charge in [-0.05, 0) is 39.2 Å². The first-order valence-corrected chi connectivity index (χ1v) is 7.60. The maximum absolute atomic E-state index is 12.2. The van der Waals surface area contributed by atoms with Crippen molar-refractivity contribution in [1.82, 2.24) is 15.4 Å². The number of methoxy groups -OCH3 is 2. The number of carbonyl (C=O) groups excluding carboxylic acids is 1. The molecule has 0 bridgehead atoms. The molecule has 1 amide bonds. The van der Waals surface area contributed by atoms with E-state index in [4.69, 9.17) is 14.0 Å². The van der Waals surface area contributed by atoms with Crippen LogP contribution >= 0.6 is 0 Å². The van der Waals surface area contributed by atoms with Crippen LogP contribution in [0.15, 0.2) is 28.8 Å². The molecule has 1 aromatic carbocycles. The van der Waals surface area contributed by atoms with Gasteiger partial charge in [0.1, 0.15) is 11.5 Å². The summed E-state index contributed by atoms with van der Waals surface area (Å²) in [6, 6.07) is 7.14. The summed E-state index contributed by atoms with van der Waals surface area (Å²) in [4.78, 5) is 14.2. The highest BCUT2D eigenvalue weighted by Gasteiger charge is 2.17. The summed E-state index contributed by atoms with van der Waals surface area (Å²) in [6.07, 6.45) is 0. The fourth-order valence-electron chi connectivity index (χ4n) is 2.03. The van der Waals surface area contributed by atoms with Crippen molar-refractivity contribution in [2.45, 2.75) is 13.0 Å². The van der Waals surface area contributed by atoms with E-state index in [9.17, 15) is 4.79 Å². The molecule has 0 fully saturated rings. The zero-order valence-corrected chi connectivity index (χ0v) is 14.6. The molecule has 1 unspecified atom stereocenters. The molecule has 0 saturated carbocycles. The van der Waals surface area contributed by atoms with Crippen molar-refractivity contribution in [3.8, 4) is 22.8 Å². The molecule has 1 heterocycles. The van der Waals surface area contributed by atoms with Crippen LogP contribution in [-0.4, -0.2) is 56.9 Å². The lowest BCUT2D eigenvalue weighted by Crippen LogP contribution is -2.38. The van der Waals surface area contributed by atoms with Crippen molar-refractivity contribution in [2.75, 3.05) is 34.9 Å². The Kier molecular flexibility index (Phi) is 5.81. The number of nitrogens with zero attached hydrogens (tertiary/aromatic N) is 2. The molecular formula is C17H23N3O4. The monoisotopic (exact) mass is 333 g/mol. The van der Waals surface area contributed by atoms with Crippen LogP contribution in [0, 0.1) is 0 Å². The highest BCUT2D eigenvalue weighted by molar-refractivity contribution is 5.93. The zero-order valence-electron chi connectivity index (χ0n) is 14.6. The van der Waals surface area contributed by atoms with Gasteiger partial charge in [0.05, 0.1) is 19.8 Å². The fraction of sp³-hybridized carbons (Fsp3) is 0.412. The first-order chi connectivity index (χ1) is 11.5. The third kappa shape index (κ3) is 4.05. The second kappa shape index (κ2) is 7.83. The highest BCUT2D eigenvalue weighted by atomic mass is 16.5. The van der Waals surface area contributed by atoms with Crippen molar-refractivity contribution in [1.29, 1.82) is 0 Å². The Bertz CT molecular complexity index is 697. The molecule has 2 aromatic rings. The van der Waals surface area contributed by atoms with Crippen molar-refractivity contribution in [2.24, 2.45) is 0 Å². The second-order valence-electron chi connectivity index (χ2n) is 5.67. The minimum atomic E-state index is -0.277. The second-order valence-corrected chi connectivity index (χ2v) is 5.67. The van der Waals surface area contributed by atoms with Gasteiger partial charge < -0.3 is 24.2 Å². The van der Waals surface area contributed by atoms with Gasteiger partial charge in [0.15, 0.2) is 11.5 Å². The van der Waals surface area contributed by atoms with Crippen LogP contribution in [-0.2, 0) is 0 Å². The standard InChI is InChI=1S/C17H23N3O4/c1-11(20(2)3)10-18-17(21)14-9-16(24-19-14)13-8-12(22-4)6-7-15(13)23-5/h6-9,11H,10H2,1-5H3,(H,18,21). The number of aromatic nitrogens is 1. The lowest BCUT2D eigenvalue weighted by atomic mass is 10.1. The highest BCUT2D eigenvalue weighted by Crippen LogP contribution is 2.33. The Labute approximate surface area is 141 Å². The Morgan fingerprint density at radius 1 is 1.29 bits per heavy atom. The molecule has 0 saturated heterocycles. The quantitative estimate of drug-likeness (QED) is 0.835. The van der Waals surface area contributed by atoms with E-state index in [-0.39, 0.29) is 17.6 Å². The molecule has 0 aliphatic heterocycles. The number of carbonyl (C=O) groups is 1.